The van der Waals surface area contributed by atoms with Gasteiger partial charge in [0.15, 0.2) is 0 Å². The third-order valence-electron chi connectivity index (χ3n) is 4.65. The molecule has 0 atom stereocenters. The van der Waals surface area contributed by atoms with Gasteiger partial charge in [0, 0.05) is 40.6 Å². The lowest BCUT2D eigenvalue weighted by Gasteiger charge is -2.09. The number of amides is 1. The van der Waals surface area contributed by atoms with Gasteiger partial charge in [-0.15, -0.1) is 0 Å². The van der Waals surface area contributed by atoms with Crippen LogP contribution in [0.5, 0.6) is 0 Å². The summed E-state index contributed by atoms with van der Waals surface area (Å²) in [7, 11) is -0.423. The van der Waals surface area contributed by atoms with E-state index in [1.807, 2.05) is 30.3 Å². The number of anilines is 1. The number of hydrogen-bond acceptors (Lipinski definition) is 4. The fraction of sp³-hybridized carbons (Fsp3) is 0.217. The van der Waals surface area contributed by atoms with Crippen molar-refractivity contribution in [3.63, 3.8) is 0 Å². The predicted octanol–water partition coefficient (Wildman–Crippen LogP) is 3.93. The molecule has 156 valence electrons. The van der Waals surface area contributed by atoms with Gasteiger partial charge in [-0.25, -0.2) is 9.37 Å². The molecule has 1 aromatic heterocycles. The van der Waals surface area contributed by atoms with Crippen molar-refractivity contribution >= 4 is 22.5 Å². The van der Waals surface area contributed by atoms with E-state index in [4.69, 9.17) is 5.73 Å². The van der Waals surface area contributed by atoms with Crippen molar-refractivity contribution in [2.75, 3.05) is 17.2 Å². The van der Waals surface area contributed by atoms with Gasteiger partial charge < -0.3 is 11.1 Å². The molecule has 5 nitrogen and oxygen atoms in total. The molecule has 0 saturated carbocycles. The minimum atomic E-state index is -0.596. The first-order valence-electron chi connectivity index (χ1n) is 9.72. The molecule has 1 fully saturated rings. The number of nitrogens with one attached hydrogen (secondary N) is 1. The Morgan fingerprint density at radius 3 is 2.40 bits per heavy atom. The quantitative estimate of drug-likeness (QED) is 0.663. The lowest BCUT2D eigenvalue weighted by atomic mass is 10.0. The summed E-state index contributed by atoms with van der Waals surface area (Å²) in [5, 5.41) is 2.71. The summed E-state index contributed by atoms with van der Waals surface area (Å²) in [4.78, 5) is 16.1. The van der Waals surface area contributed by atoms with Gasteiger partial charge in [0.2, 0.25) is 0 Å². The molecule has 2 heterocycles. The van der Waals surface area contributed by atoms with Crippen molar-refractivity contribution < 1.29 is 13.4 Å². The smallest absolute Gasteiger partial charge is 0.254 e. The van der Waals surface area contributed by atoms with E-state index in [-0.39, 0.29) is 5.56 Å². The average Bonchev–Trinajstić information content (AvgIpc) is 3.24. The Bertz CT molecular complexity index is 1020. The molecule has 0 bridgehead atoms. The molecule has 4 rings (SSSR count). The highest BCUT2D eigenvalue weighted by Gasteiger charge is 2.13. The third-order valence-corrected chi connectivity index (χ3v) is 6.14. The molecule has 0 radical (unpaired) electrons. The summed E-state index contributed by atoms with van der Waals surface area (Å²) in [5.41, 5.74) is 7.96. The fourth-order valence-electron chi connectivity index (χ4n) is 3.03. The van der Waals surface area contributed by atoms with Crippen LogP contribution in [0, 0.1) is 5.82 Å². The molecule has 30 heavy (non-hydrogen) atoms. The average molecular weight is 426 g/mol. The van der Waals surface area contributed by atoms with E-state index < -0.39 is 22.5 Å². The first-order chi connectivity index (χ1) is 14.5. The number of nitrogens with two attached hydrogens (primary N) is 1. The van der Waals surface area contributed by atoms with Crippen LogP contribution in [0.2, 0.25) is 0 Å². The lowest BCUT2D eigenvalue weighted by molar-refractivity contribution is 0.0947. The molecule has 3 N–H and O–H groups in total. The summed E-state index contributed by atoms with van der Waals surface area (Å²) >= 11 is 0. The van der Waals surface area contributed by atoms with Crippen LogP contribution in [-0.2, 0) is 17.3 Å². The van der Waals surface area contributed by atoms with Gasteiger partial charge in [-0.05, 0) is 48.2 Å². The van der Waals surface area contributed by atoms with Crippen molar-refractivity contribution in [2.45, 2.75) is 19.4 Å². The largest absolute Gasteiger partial charge is 0.383 e. The number of halogens is 1. The maximum absolute atomic E-state index is 14.3. The summed E-state index contributed by atoms with van der Waals surface area (Å²) < 4.78 is 24.7. The Morgan fingerprint density at radius 2 is 1.80 bits per heavy atom. The zero-order chi connectivity index (χ0) is 21.3. The second kappa shape index (κ2) is 10.6. The number of carbonyl (C=O) groups is 1. The molecule has 0 aliphatic carbocycles. The molecular weight excluding hydrogens is 401 g/mol. The number of carbonyl (C=O) groups excluding carboxylic acids is 1. The summed E-state index contributed by atoms with van der Waals surface area (Å²) in [6, 6.07) is 17.3. The van der Waals surface area contributed by atoms with Crippen molar-refractivity contribution in [1.29, 1.82) is 0 Å². The number of benzene rings is 2. The highest BCUT2D eigenvalue weighted by molar-refractivity contribution is 7.85. The first kappa shape index (κ1) is 21.6. The SMILES string of the molecule is Nc1ncccc1-c1ccc(C(=O)NCc2ccccc2)c(F)c1.O=S1CCCC1. The fourth-order valence-corrected chi connectivity index (χ4v) is 4.29. The van der Waals surface area contributed by atoms with Crippen LogP contribution in [-0.4, -0.2) is 26.6 Å². The van der Waals surface area contributed by atoms with E-state index >= 15 is 0 Å². The molecule has 1 aliphatic rings. The van der Waals surface area contributed by atoms with Crippen LogP contribution >= 0.6 is 0 Å². The molecule has 0 unspecified atom stereocenters. The van der Waals surface area contributed by atoms with Crippen LogP contribution in [0.1, 0.15) is 28.8 Å². The Balaban J connectivity index is 0.000000367. The molecular formula is C23H24FN3O2S. The predicted molar refractivity (Wildman–Crippen MR) is 119 cm³/mol. The summed E-state index contributed by atoms with van der Waals surface area (Å²) in [5.74, 6) is 1.18. The number of pyridine rings is 1. The minimum Gasteiger partial charge on any atom is -0.383 e. The van der Waals surface area contributed by atoms with Crippen LogP contribution in [0.25, 0.3) is 11.1 Å². The first-order valence-corrected chi connectivity index (χ1v) is 11.2. The Hall–Kier alpha value is -3.06. The van der Waals surface area contributed by atoms with Crippen molar-refractivity contribution in [2.24, 2.45) is 0 Å². The van der Waals surface area contributed by atoms with Gasteiger partial charge >= 0.3 is 0 Å². The van der Waals surface area contributed by atoms with E-state index in [9.17, 15) is 13.4 Å². The van der Waals surface area contributed by atoms with Crippen molar-refractivity contribution in [1.82, 2.24) is 10.3 Å². The van der Waals surface area contributed by atoms with Crippen molar-refractivity contribution in [3.8, 4) is 11.1 Å². The highest BCUT2D eigenvalue weighted by atomic mass is 32.2. The van der Waals surface area contributed by atoms with Gasteiger partial charge in [-0.1, -0.05) is 36.4 Å². The van der Waals surface area contributed by atoms with E-state index in [2.05, 4.69) is 10.3 Å². The zero-order valence-electron chi connectivity index (χ0n) is 16.5. The summed E-state index contributed by atoms with van der Waals surface area (Å²) in [6.45, 7) is 0.344. The van der Waals surface area contributed by atoms with Crippen molar-refractivity contribution in [3.05, 3.63) is 83.8 Å². The van der Waals surface area contributed by atoms with Crippen LogP contribution in [0.15, 0.2) is 66.9 Å². The molecule has 1 amide bonds. The number of aromatic nitrogens is 1. The number of nitrogen functional groups attached to an aromatic ring is 1. The van der Waals surface area contributed by atoms with Crippen LogP contribution < -0.4 is 11.1 Å². The molecule has 3 aromatic rings. The standard InChI is InChI=1S/C19H16FN3O.C4H8OS/c20-17-11-14(15-7-4-10-22-18(15)21)8-9-16(17)19(24)23-12-13-5-2-1-3-6-13;5-6-3-1-2-4-6/h1-11H,12H2,(H2,21,22)(H,23,24);1-4H2. The van der Waals surface area contributed by atoms with E-state index in [1.165, 1.54) is 25.0 Å². The number of rotatable bonds is 4. The zero-order valence-corrected chi connectivity index (χ0v) is 17.3. The number of hydrogen-bond donors (Lipinski definition) is 2. The molecule has 7 heteroatoms. The minimum absolute atomic E-state index is 0.00265. The molecule has 1 saturated heterocycles. The highest BCUT2D eigenvalue weighted by Crippen LogP contribution is 2.25. The Kier molecular flexibility index (Phi) is 7.68. The van der Waals surface area contributed by atoms with E-state index in [0.29, 0.717) is 23.5 Å². The monoisotopic (exact) mass is 425 g/mol. The van der Waals surface area contributed by atoms with E-state index in [1.54, 1.807) is 24.4 Å². The molecule has 2 aromatic carbocycles. The van der Waals surface area contributed by atoms with Gasteiger partial charge in [-0.3, -0.25) is 9.00 Å². The maximum Gasteiger partial charge on any atom is 0.254 e. The Labute approximate surface area is 178 Å². The maximum atomic E-state index is 14.3. The van der Waals surface area contributed by atoms with Gasteiger partial charge in [0.25, 0.3) is 5.91 Å². The van der Waals surface area contributed by atoms with Gasteiger partial charge in [0.05, 0.1) is 5.56 Å². The topological polar surface area (TPSA) is 85.1 Å². The van der Waals surface area contributed by atoms with E-state index in [0.717, 1.165) is 17.1 Å². The number of nitrogens with zero attached hydrogens (tertiary/aromatic N) is 1. The van der Waals surface area contributed by atoms with Gasteiger partial charge in [0.1, 0.15) is 11.6 Å². The Morgan fingerprint density at radius 1 is 1.07 bits per heavy atom. The van der Waals surface area contributed by atoms with Gasteiger partial charge in [-0.2, -0.15) is 0 Å². The second-order valence-corrected chi connectivity index (χ2v) is 8.55. The summed E-state index contributed by atoms with van der Waals surface area (Å²) in [6.07, 6.45) is 3.94. The van der Waals surface area contributed by atoms with Crippen LogP contribution in [0.4, 0.5) is 10.2 Å². The van der Waals surface area contributed by atoms with Crippen LogP contribution in [0.3, 0.4) is 0 Å². The normalized spacial score (nSPS) is 13.4. The lowest BCUT2D eigenvalue weighted by Crippen LogP contribution is -2.23. The second-order valence-electron chi connectivity index (χ2n) is 6.85. The molecule has 1 aliphatic heterocycles. The third kappa shape index (κ3) is 5.97. The molecule has 0 spiro atoms.